The third kappa shape index (κ3) is 2.88. The molecule has 0 saturated carbocycles. The Morgan fingerprint density at radius 3 is 3.05 bits per heavy atom. The van der Waals surface area contributed by atoms with Crippen molar-refractivity contribution in [2.24, 2.45) is 5.73 Å². The summed E-state index contributed by atoms with van der Waals surface area (Å²) in [4.78, 5) is 13.6. The van der Waals surface area contributed by atoms with E-state index >= 15 is 0 Å². The van der Waals surface area contributed by atoms with Crippen LogP contribution in [0.25, 0.3) is 5.69 Å². The van der Waals surface area contributed by atoms with Crippen LogP contribution in [0.4, 0.5) is 0 Å². The van der Waals surface area contributed by atoms with E-state index < -0.39 is 0 Å². The molecule has 8 heteroatoms. The molecule has 3 rings (SSSR count). The fourth-order valence-electron chi connectivity index (χ4n) is 2.73. The lowest BCUT2D eigenvalue weighted by atomic mass is 10.1. The summed E-state index contributed by atoms with van der Waals surface area (Å²) in [5, 5.41) is 11.8. The van der Waals surface area contributed by atoms with Gasteiger partial charge < -0.3 is 5.73 Å². The van der Waals surface area contributed by atoms with Crippen molar-refractivity contribution >= 4 is 17.5 Å². The molecule has 1 fully saturated rings. The smallest absolute Gasteiger partial charge is 0.234 e. The molecule has 7 nitrogen and oxygen atoms in total. The van der Waals surface area contributed by atoms with Gasteiger partial charge in [0.1, 0.15) is 6.33 Å². The van der Waals surface area contributed by atoms with Crippen molar-refractivity contribution < 1.29 is 4.79 Å². The van der Waals surface area contributed by atoms with Crippen molar-refractivity contribution in [3.63, 3.8) is 0 Å². The lowest BCUT2D eigenvalue weighted by molar-refractivity contribution is -0.122. The highest BCUT2D eigenvalue weighted by Crippen LogP contribution is 2.25. The molecule has 0 aliphatic carbocycles. The van der Waals surface area contributed by atoms with Gasteiger partial charge in [0, 0.05) is 11.6 Å². The molecule has 0 spiro atoms. The first-order chi connectivity index (χ1) is 10.1. The van der Waals surface area contributed by atoms with E-state index in [1.165, 1.54) is 6.33 Å². The Morgan fingerprint density at radius 1 is 1.48 bits per heavy atom. The first-order valence-electron chi connectivity index (χ1n) is 6.70. The molecule has 2 aromatic rings. The highest BCUT2D eigenvalue weighted by Gasteiger charge is 2.29. The van der Waals surface area contributed by atoms with Crippen LogP contribution >= 0.6 is 11.6 Å². The van der Waals surface area contributed by atoms with Crippen molar-refractivity contribution in [2.45, 2.75) is 25.4 Å². The molecule has 2 N–H and O–H groups in total. The predicted octanol–water partition coefficient (Wildman–Crippen LogP) is 0.765. The molecular weight excluding hydrogens is 292 g/mol. The number of likely N-dealkylation sites (tertiary alicyclic amines) is 1. The molecule has 1 aromatic carbocycles. The molecule has 1 amide bonds. The number of tetrazole rings is 1. The monoisotopic (exact) mass is 306 g/mol. The molecule has 1 aromatic heterocycles. The lowest BCUT2D eigenvalue weighted by Gasteiger charge is -2.23. The Morgan fingerprint density at radius 2 is 2.33 bits per heavy atom. The van der Waals surface area contributed by atoms with E-state index in [1.807, 2.05) is 12.1 Å². The minimum atomic E-state index is -0.279. The molecule has 0 unspecified atom stereocenters. The van der Waals surface area contributed by atoms with E-state index in [4.69, 9.17) is 17.3 Å². The van der Waals surface area contributed by atoms with E-state index in [-0.39, 0.29) is 11.9 Å². The van der Waals surface area contributed by atoms with Gasteiger partial charge in [-0.1, -0.05) is 11.6 Å². The van der Waals surface area contributed by atoms with Crippen LogP contribution in [0.15, 0.2) is 24.5 Å². The summed E-state index contributed by atoms with van der Waals surface area (Å²) < 4.78 is 1.58. The summed E-state index contributed by atoms with van der Waals surface area (Å²) in [6.45, 7) is 1.43. The molecule has 2 heterocycles. The van der Waals surface area contributed by atoms with Crippen LogP contribution in [-0.2, 0) is 11.3 Å². The molecule has 0 radical (unpaired) electrons. The molecule has 21 heavy (non-hydrogen) atoms. The standard InChI is InChI=1S/C13H15ClN6O/c14-10-3-4-11(20-8-16-17-18-20)9(6-10)7-19-5-1-2-12(19)13(15)21/h3-4,6,8,12H,1-2,5,7H2,(H2,15,21)/t12-/m0/s1. The number of benzene rings is 1. The van der Waals surface area contributed by atoms with Crippen LogP contribution in [0.2, 0.25) is 5.02 Å². The maximum absolute atomic E-state index is 11.5. The van der Waals surface area contributed by atoms with E-state index in [2.05, 4.69) is 20.4 Å². The average Bonchev–Trinajstić information content (AvgIpc) is 3.09. The fraction of sp³-hybridized carbons (Fsp3) is 0.385. The van der Waals surface area contributed by atoms with Crippen LogP contribution in [0.1, 0.15) is 18.4 Å². The zero-order valence-electron chi connectivity index (χ0n) is 11.3. The Labute approximate surface area is 126 Å². The van der Waals surface area contributed by atoms with Gasteiger partial charge in [0.15, 0.2) is 0 Å². The maximum Gasteiger partial charge on any atom is 0.234 e. The van der Waals surface area contributed by atoms with Gasteiger partial charge in [-0.3, -0.25) is 9.69 Å². The van der Waals surface area contributed by atoms with Crippen molar-refractivity contribution in [1.82, 2.24) is 25.1 Å². The lowest BCUT2D eigenvalue weighted by Crippen LogP contribution is -2.39. The van der Waals surface area contributed by atoms with Crippen molar-refractivity contribution in [3.05, 3.63) is 35.1 Å². The molecule has 1 atom stereocenters. The highest BCUT2D eigenvalue weighted by molar-refractivity contribution is 6.30. The van der Waals surface area contributed by atoms with Gasteiger partial charge in [0.25, 0.3) is 0 Å². The van der Waals surface area contributed by atoms with Gasteiger partial charge in [-0.2, -0.15) is 0 Å². The van der Waals surface area contributed by atoms with Gasteiger partial charge in [-0.05, 0) is 53.6 Å². The Hall–Kier alpha value is -1.99. The third-order valence-electron chi connectivity index (χ3n) is 3.70. The topological polar surface area (TPSA) is 89.9 Å². The van der Waals surface area contributed by atoms with Crippen molar-refractivity contribution in [1.29, 1.82) is 0 Å². The first kappa shape index (κ1) is 14.0. The summed E-state index contributed by atoms with van der Waals surface area (Å²) in [6, 6.07) is 5.31. The van der Waals surface area contributed by atoms with E-state index in [0.717, 1.165) is 30.6 Å². The molecule has 0 bridgehead atoms. The molecule has 1 aliphatic heterocycles. The summed E-state index contributed by atoms with van der Waals surface area (Å²) in [5.41, 5.74) is 7.27. The van der Waals surface area contributed by atoms with E-state index in [9.17, 15) is 4.79 Å². The second-order valence-corrected chi connectivity index (χ2v) is 5.49. The summed E-state index contributed by atoms with van der Waals surface area (Å²) in [7, 11) is 0. The first-order valence-corrected chi connectivity index (χ1v) is 7.08. The number of rotatable bonds is 4. The second kappa shape index (κ2) is 5.79. The average molecular weight is 307 g/mol. The van der Waals surface area contributed by atoms with Crippen LogP contribution < -0.4 is 5.73 Å². The molecule has 1 saturated heterocycles. The number of hydrogen-bond acceptors (Lipinski definition) is 5. The maximum atomic E-state index is 11.5. The number of amides is 1. The zero-order chi connectivity index (χ0) is 14.8. The SMILES string of the molecule is NC(=O)[C@@H]1CCCN1Cc1cc(Cl)ccc1-n1cnnn1. The van der Waals surface area contributed by atoms with Crippen LogP contribution in [0, 0.1) is 0 Å². The quantitative estimate of drug-likeness (QED) is 0.901. The largest absolute Gasteiger partial charge is 0.368 e. The number of carbonyl (C=O) groups is 1. The number of nitrogens with two attached hydrogens (primary N) is 1. The molecule has 1 aliphatic rings. The Kier molecular flexibility index (Phi) is 3.85. The van der Waals surface area contributed by atoms with Crippen molar-refractivity contribution in [2.75, 3.05) is 6.54 Å². The summed E-state index contributed by atoms with van der Waals surface area (Å²) in [6.07, 6.45) is 3.30. The highest BCUT2D eigenvalue weighted by atomic mass is 35.5. The molecular formula is C13H15ClN6O. The van der Waals surface area contributed by atoms with E-state index in [0.29, 0.717) is 11.6 Å². The number of carbonyl (C=O) groups excluding carboxylic acids is 1. The number of nitrogens with zero attached hydrogens (tertiary/aromatic N) is 5. The Balaban J connectivity index is 1.91. The summed E-state index contributed by atoms with van der Waals surface area (Å²) >= 11 is 6.09. The number of halogens is 1. The molecule has 110 valence electrons. The number of hydrogen-bond donors (Lipinski definition) is 1. The van der Waals surface area contributed by atoms with Crippen LogP contribution in [0.5, 0.6) is 0 Å². The van der Waals surface area contributed by atoms with Gasteiger partial charge >= 0.3 is 0 Å². The zero-order valence-corrected chi connectivity index (χ0v) is 12.1. The van der Waals surface area contributed by atoms with Gasteiger partial charge in [-0.25, -0.2) is 4.68 Å². The fourth-order valence-corrected chi connectivity index (χ4v) is 2.93. The van der Waals surface area contributed by atoms with Gasteiger partial charge in [0.05, 0.1) is 11.7 Å². The van der Waals surface area contributed by atoms with E-state index in [1.54, 1.807) is 10.7 Å². The number of primary amides is 1. The van der Waals surface area contributed by atoms with Crippen LogP contribution in [-0.4, -0.2) is 43.6 Å². The minimum absolute atomic E-state index is 0.217. The minimum Gasteiger partial charge on any atom is -0.368 e. The van der Waals surface area contributed by atoms with Gasteiger partial charge in [0.2, 0.25) is 5.91 Å². The van der Waals surface area contributed by atoms with Crippen LogP contribution in [0.3, 0.4) is 0 Å². The third-order valence-corrected chi connectivity index (χ3v) is 3.94. The summed E-state index contributed by atoms with van der Waals surface area (Å²) in [5.74, 6) is -0.279. The van der Waals surface area contributed by atoms with Crippen molar-refractivity contribution in [3.8, 4) is 5.69 Å². The second-order valence-electron chi connectivity index (χ2n) is 5.06. The number of aromatic nitrogens is 4. The normalized spacial score (nSPS) is 19.0. The van der Waals surface area contributed by atoms with Gasteiger partial charge in [-0.15, -0.1) is 5.10 Å². The Bertz CT molecular complexity index is 644. The predicted molar refractivity (Wildman–Crippen MR) is 76.8 cm³/mol.